The molecule has 2 N–H and O–H groups in total. The molecule has 0 fully saturated rings. The molecule has 20 heavy (non-hydrogen) atoms. The summed E-state index contributed by atoms with van der Waals surface area (Å²) in [5, 5.41) is 0. The minimum Gasteiger partial charge on any atom is -0.454 e. The number of hydrogen-bond donors (Lipinski definition) is 1. The highest BCUT2D eigenvalue weighted by Gasteiger charge is 2.14. The van der Waals surface area contributed by atoms with Gasteiger partial charge < -0.3 is 15.2 Å². The van der Waals surface area contributed by atoms with E-state index in [1.807, 2.05) is 36.4 Å². The van der Waals surface area contributed by atoms with Crippen LogP contribution in [0, 0.1) is 0 Å². The van der Waals surface area contributed by atoms with Crippen LogP contribution in [0.2, 0.25) is 0 Å². The van der Waals surface area contributed by atoms with Crippen molar-refractivity contribution in [3.05, 3.63) is 42.1 Å². The molecule has 2 heterocycles. The van der Waals surface area contributed by atoms with Crippen molar-refractivity contribution in [3.8, 4) is 22.8 Å². The van der Waals surface area contributed by atoms with Gasteiger partial charge in [0.15, 0.2) is 11.5 Å². The Morgan fingerprint density at radius 3 is 2.90 bits per heavy atom. The zero-order valence-electron chi connectivity index (χ0n) is 11.5. The average Bonchev–Trinajstić information content (AvgIpc) is 2.94. The molecule has 0 bridgehead atoms. The van der Waals surface area contributed by atoms with Crippen LogP contribution in [-0.4, -0.2) is 17.8 Å². The number of nitrogens with zero attached hydrogens (tertiary/aromatic N) is 1. The van der Waals surface area contributed by atoms with Crippen molar-refractivity contribution in [2.45, 2.75) is 25.8 Å². The minimum absolute atomic E-state index is 0.162. The van der Waals surface area contributed by atoms with Crippen LogP contribution < -0.4 is 15.2 Å². The van der Waals surface area contributed by atoms with Crippen LogP contribution in [0.4, 0.5) is 0 Å². The Morgan fingerprint density at radius 2 is 2.05 bits per heavy atom. The fourth-order valence-corrected chi connectivity index (χ4v) is 2.22. The Labute approximate surface area is 118 Å². The fourth-order valence-electron chi connectivity index (χ4n) is 2.22. The second-order valence-electron chi connectivity index (χ2n) is 4.95. The number of rotatable bonds is 4. The van der Waals surface area contributed by atoms with E-state index in [-0.39, 0.29) is 12.8 Å². The predicted octanol–water partition coefficient (Wildman–Crippen LogP) is 2.76. The Kier molecular flexibility index (Phi) is 3.56. The largest absolute Gasteiger partial charge is 0.454 e. The summed E-state index contributed by atoms with van der Waals surface area (Å²) < 4.78 is 10.7. The quantitative estimate of drug-likeness (QED) is 0.928. The monoisotopic (exact) mass is 270 g/mol. The maximum absolute atomic E-state index is 5.99. The van der Waals surface area contributed by atoms with Gasteiger partial charge >= 0.3 is 0 Å². The van der Waals surface area contributed by atoms with E-state index in [2.05, 4.69) is 11.9 Å². The first-order valence-electron chi connectivity index (χ1n) is 6.88. The summed E-state index contributed by atoms with van der Waals surface area (Å²) in [5.41, 5.74) is 8.98. The number of aromatic nitrogens is 1. The molecule has 1 aromatic heterocycles. The molecular weight excluding hydrogens is 252 g/mol. The van der Waals surface area contributed by atoms with Crippen LogP contribution in [-0.2, 0) is 6.42 Å². The molecule has 3 rings (SSSR count). The van der Waals surface area contributed by atoms with E-state index in [9.17, 15) is 0 Å². The van der Waals surface area contributed by atoms with Crippen molar-refractivity contribution in [1.82, 2.24) is 4.98 Å². The minimum atomic E-state index is 0.162. The van der Waals surface area contributed by atoms with Crippen LogP contribution in [0.3, 0.4) is 0 Å². The number of nitrogens with two attached hydrogens (primary N) is 1. The van der Waals surface area contributed by atoms with Crippen molar-refractivity contribution in [2.24, 2.45) is 5.73 Å². The first-order chi connectivity index (χ1) is 9.76. The number of hydrogen-bond acceptors (Lipinski definition) is 4. The zero-order chi connectivity index (χ0) is 13.9. The third kappa shape index (κ3) is 2.60. The van der Waals surface area contributed by atoms with Crippen molar-refractivity contribution < 1.29 is 9.47 Å². The highest BCUT2D eigenvalue weighted by atomic mass is 16.7. The van der Waals surface area contributed by atoms with Gasteiger partial charge in [0.1, 0.15) is 0 Å². The molecule has 104 valence electrons. The van der Waals surface area contributed by atoms with Gasteiger partial charge in [0.25, 0.3) is 0 Å². The van der Waals surface area contributed by atoms with Crippen molar-refractivity contribution >= 4 is 0 Å². The molecule has 0 amide bonds. The van der Waals surface area contributed by atoms with E-state index in [1.54, 1.807) is 0 Å². The van der Waals surface area contributed by atoms with Gasteiger partial charge in [-0.2, -0.15) is 0 Å². The highest BCUT2D eigenvalue weighted by Crippen LogP contribution is 2.35. The smallest absolute Gasteiger partial charge is 0.231 e. The average molecular weight is 270 g/mol. The van der Waals surface area contributed by atoms with Gasteiger partial charge in [0.2, 0.25) is 6.79 Å². The number of pyridine rings is 1. The van der Waals surface area contributed by atoms with Crippen LogP contribution >= 0.6 is 0 Å². The maximum atomic E-state index is 5.99. The Morgan fingerprint density at radius 1 is 1.20 bits per heavy atom. The molecule has 0 spiro atoms. The molecule has 2 aromatic rings. The van der Waals surface area contributed by atoms with Crippen LogP contribution in [0.25, 0.3) is 11.3 Å². The fraction of sp³-hybridized carbons (Fsp3) is 0.312. The molecule has 1 aliphatic rings. The topological polar surface area (TPSA) is 57.4 Å². The van der Waals surface area contributed by atoms with E-state index in [1.165, 1.54) is 0 Å². The van der Waals surface area contributed by atoms with E-state index in [4.69, 9.17) is 15.2 Å². The lowest BCUT2D eigenvalue weighted by Crippen LogP contribution is -2.21. The first kappa shape index (κ1) is 12.9. The molecule has 4 heteroatoms. The number of benzene rings is 1. The van der Waals surface area contributed by atoms with Gasteiger partial charge in [-0.25, -0.2) is 0 Å². The molecule has 0 radical (unpaired) electrons. The van der Waals surface area contributed by atoms with Gasteiger partial charge in [-0.1, -0.05) is 13.0 Å². The molecule has 1 atom stereocenters. The Hall–Kier alpha value is -2.07. The molecule has 1 unspecified atom stereocenters. The molecule has 0 aliphatic carbocycles. The lowest BCUT2D eigenvalue weighted by atomic mass is 10.1. The summed E-state index contributed by atoms with van der Waals surface area (Å²) in [5.74, 6) is 1.57. The Bertz CT molecular complexity index is 613. The standard InChI is InChI=1S/C16H18N2O2/c1-2-12(17)9-13-4-3-5-14(18-13)11-6-7-15-16(8-11)20-10-19-15/h3-8,12H,2,9-10,17H2,1H3. The van der Waals surface area contributed by atoms with Gasteiger partial charge in [0, 0.05) is 23.7 Å². The molecule has 4 nitrogen and oxygen atoms in total. The maximum Gasteiger partial charge on any atom is 0.231 e. The Balaban J connectivity index is 1.88. The van der Waals surface area contributed by atoms with Crippen LogP contribution in [0.15, 0.2) is 36.4 Å². The summed E-state index contributed by atoms with van der Waals surface area (Å²) in [6.07, 6.45) is 1.75. The molecule has 1 aliphatic heterocycles. The third-order valence-corrected chi connectivity index (χ3v) is 3.47. The lowest BCUT2D eigenvalue weighted by molar-refractivity contribution is 0.174. The van der Waals surface area contributed by atoms with Crippen LogP contribution in [0.1, 0.15) is 19.0 Å². The van der Waals surface area contributed by atoms with Crippen LogP contribution in [0.5, 0.6) is 11.5 Å². The highest BCUT2D eigenvalue weighted by molar-refractivity contribution is 5.64. The second kappa shape index (κ2) is 5.51. The molecule has 0 saturated carbocycles. The summed E-state index contributed by atoms with van der Waals surface area (Å²) in [6.45, 7) is 2.38. The third-order valence-electron chi connectivity index (χ3n) is 3.47. The van der Waals surface area contributed by atoms with Crippen molar-refractivity contribution in [3.63, 3.8) is 0 Å². The summed E-state index contributed by atoms with van der Waals surface area (Å²) in [4.78, 5) is 4.68. The van der Waals surface area contributed by atoms with E-state index in [0.717, 1.165) is 41.3 Å². The molecule has 1 aromatic carbocycles. The zero-order valence-corrected chi connectivity index (χ0v) is 11.5. The van der Waals surface area contributed by atoms with Gasteiger partial charge in [-0.15, -0.1) is 0 Å². The summed E-state index contributed by atoms with van der Waals surface area (Å²) >= 11 is 0. The van der Waals surface area contributed by atoms with Gasteiger partial charge in [0.05, 0.1) is 5.69 Å². The number of ether oxygens (including phenoxy) is 2. The second-order valence-corrected chi connectivity index (χ2v) is 4.95. The lowest BCUT2D eigenvalue weighted by Gasteiger charge is -2.09. The number of fused-ring (bicyclic) bond motifs is 1. The normalized spacial score (nSPS) is 14.3. The van der Waals surface area contributed by atoms with E-state index < -0.39 is 0 Å². The SMILES string of the molecule is CCC(N)Cc1cccc(-c2ccc3c(c2)OCO3)n1. The molecule has 0 saturated heterocycles. The van der Waals surface area contributed by atoms with Gasteiger partial charge in [-0.3, -0.25) is 4.98 Å². The predicted molar refractivity (Wildman–Crippen MR) is 77.8 cm³/mol. The summed E-state index contributed by atoms with van der Waals surface area (Å²) in [6, 6.07) is 12.1. The molecular formula is C16H18N2O2. The van der Waals surface area contributed by atoms with E-state index >= 15 is 0 Å². The first-order valence-corrected chi connectivity index (χ1v) is 6.88. The van der Waals surface area contributed by atoms with Crippen molar-refractivity contribution in [1.29, 1.82) is 0 Å². The van der Waals surface area contributed by atoms with Gasteiger partial charge in [-0.05, 0) is 36.8 Å². The van der Waals surface area contributed by atoms with Crippen molar-refractivity contribution in [2.75, 3.05) is 6.79 Å². The van der Waals surface area contributed by atoms with E-state index in [0.29, 0.717) is 0 Å². The summed E-state index contributed by atoms with van der Waals surface area (Å²) in [7, 11) is 0.